The lowest BCUT2D eigenvalue weighted by Gasteiger charge is -2.36. The van der Waals surface area contributed by atoms with E-state index in [9.17, 15) is 8.78 Å². The predicted molar refractivity (Wildman–Crippen MR) is 80.4 cm³/mol. The number of hydrogen-bond donors (Lipinski definition) is 1. The fourth-order valence-electron chi connectivity index (χ4n) is 2.72. The molecule has 0 bridgehead atoms. The monoisotopic (exact) mass is 307 g/mol. The number of halogens is 3. The van der Waals surface area contributed by atoms with Gasteiger partial charge in [0.05, 0.1) is 0 Å². The van der Waals surface area contributed by atoms with Crippen LogP contribution in [0.4, 0.5) is 8.78 Å². The van der Waals surface area contributed by atoms with Gasteiger partial charge < -0.3 is 5.32 Å². The van der Waals surface area contributed by atoms with Crippen LogP contribution in [0.5, 0.6) is 0 Å². The van der Waals surface area contributed by atoms with Gasteiger partial charge in [-0.15, -0.1) is 0 Å². The topological polar surface area (TPSA) is 12.0 Å². The van der Waals surface area contributed by atoms with E-state index >= 15 is 0 Å². The maximum atomic E-state index is 13.5. The Kier molecular flexibility index (Phi) is 4.22. The van der Waals surface area contributed by atoms with Crippen molar-refractivity contribution in [3.05, 3.63) is 70.2 Å². The number of rotatable bonds is 4. The van der Waals surface area contributed by atoms with Crippen molar-refractivity contribution < 1.29 is 8.78 Å². The van der Waals surface area contributed by atoms with Gasteiger partial charge in [-0.2, -0.15) is 0 Å². The Morgan fingerprint density at radius 2 is 1.76 bits per heavy atom. The third-order valence-corrected chi connectivity index (χ3v) is 4.32. The predicted octanol–water partition coefficient (Wildman–Crippen LogP) is 4.65. The Morgan fingerprint density at radius 3 is 2.48 bits per heavy atom. The fraction of sp³-hybridized carbons (Fsp3) is 0.294. The molecule has 21 heavy (non-hydrogen) atoms. The van der Waals surface area contributed by atoms with Gasteiger partial charge in [-0.3, -0.25) is 0 Å². The van der Waals surface area contributed by atoms with E-state index in [0.717, 1.165) is 23.9 Å². The highest BCUT2D eigenvalue weighted by atomic mass is 35.5. The van der Waals surface area contributed by atoms with Crippen LogP contribution in [0.15, 0.2) is 42.5 Å². The maximum Gasteiger partial charge on any atom is 0.127 e. The summed E-state index contributed by atoms with van der Waals surface area (Å²) in [6, 6.07) is 11.8. The van der Waals surface area contributed by atoms with Crippen molar-refractivity contribution in [3.63, 3.8) is 0 Å². The molecule has 0 unspecified atom stereocenters. The highest BCUT2D eigenvalue weighted by molar-refractivity contribution is 6.30. The van der Waals surface area contributed by atoms with Gasteiger partial charge >= 0.3 is 0 Å². The second kappa shape index (κ2) is 6.12. The highest BCUT2D eigenvalue weighted by Gasteiger charge is 2.29. The summed E-state index contributed by atoms with van der Waals surface area (Å²) in [6.07, 6.45) is 2.02. The Balaban J connectivity index is 1.51. The van der Waals surface area contributed by atoms with E-state index in [1.54, 1.807) is 0 Å². The molecule has 1 nitrogen and oxygen atoms in total. The zero-order chi connectivity index (χ0) is 14.8. The fourth-order valence-corrected chi connectivity index (χ4v) is 2.85. The van der Waals surface area contributed by atoms with Gasteiger partial charge in [0.15, 0.2) is 0 Å². The van der Waals surface area contributed by atoms with Crippen LogP contribution in [0.1, 0.15) is 29.9 Å². The third-order valence-electron chi connectivity index (χ3n) is 4.07. The van der Waals surface area contributed by atoms with Gasteiger partial charge in [0.2, 0.25) is 0 Å². The van der Waals surface area contributed by atoms with Gasteiger partial charge in [-0.1, -0.05) is 23.7 Å². The molecule has 0 amide bonds. The maximum absolute atomic E-state index is 13.5. The minimum absolute atomic E-state index is 0.355. The summed E-state index contributed by atoms with van der Waals surface area (Å²) in [5.74, 6) is -0.240. The SMILES string of the molecule is Fc1ccc(F)c(CNC2CC(c3ccc(Cl)cc3)C2)c1. The molecule has 1 aliphatic rings. The summed E-state index contributed by atoms with van der Waals surface area (Å²) in [5.41, 5.74) is 1.67. The summed E-state index contributed by atoms with van der Waals surface area (Å²) in [7, 11) is 0. The van der Waals surface area contributed by atoms with Crippen LogP contribution in [-0.4, -0.2) is 6.04 Å². The molecule has 1 fully saturated rings. The van der Waals surface area contributed by atoms with Crippen LogP contribution in [-0.2, 0) is 6.54 Å². The van der Waals surface area contributed by atoms with Crippen molar-refractivity contribution in [2.75, 3.05) is 0 Å². The van der Waals surface area contributed by atoms with Crippen LogP contribution in [0.2, 0.25) is 5.02 Å². The van der Waals surface area contributed by atoms with Crippen molar-refractivity contribution in [3.8, 4) is 0 Å². The Labute approximate surface area is 127 Å². The van der Waals surface area contributed by atoms with Crippen molar-refractivity contribution in [1.29, 1.82) is 0 Å². The molecule has 4 heteroatoms. The van der Waals surface area contributed by atoms with E-state index < -0.39 is 5.82 Å². The molecule has 0 heterocycles. The zero-order valence-corrected chi connectivity index (χ0v) is 12.2. The highest BCUT2D eigenvalue weighted by Crippen LogP contribution is 2.37. The molecule has 0 aliphatic heterocycles. The number of hydrogen-bond acceptors (Lipinski definition) is 1. The van der Waals surface area contributed by atoms with E-state index in [1.807, 2.05) is 12.1 Å². The first-order valence-electron chi connectivity index (χ1n) is 7.04. The van der Waals surface area contributed by atoms with Gasteiger partial charge in [-0.05, 0) is 54.7 Å². The molecular weight excluding hydrogens is 292 g/mol. The van der Waals surface area contributed by atoms with E-state index in [1.165, 1.54) is 17.7 Å². The molecule has 0 saturated heterocycles. The summed E-state index contributed by atoms with van der Waals surface area (Å²) < 4.78 is 26.6. The summed E-state index contributed by atoms with van der Waals surface area (Å²) in [6.45, 7) is 0.363. The summed E-state index contributed by atoms with van der Waals surface area (Å²) in [5, 5.41) is 4.03. The molecule has 1 aliphatic carbocycles. The Hall–Kier alpha value is -1.45. The second-order valence-corrected chi connectivity index (χ2v) is 5.97. The molecule has 110 valence electrons. The zero-order valence-electron chi connectivity index (χ0n) is 11.5. The Morgan fingerprint density at radius 1 is 1.05 bits per heavy atom. The standard InChI is InChI=1S/C17H16ClF2N/c18-14-3-1-11(2-4-14)12-8-16(9-12)21-10-13-7-15(19)5-6-17(13)20/h1-7,12,16,21H,8-10H2. The molecule has 2 aromatic carbocycles. The molecule has 0 aromatic heterocycles. The summed E-state index contributed by atoms with van der Waals surface area (Å²) in [4.78, 5) is 0. The van der Waals surface area contributed by atoms with E-state index in [0.29, 0.717) is 24.1 Å². The molecule has 0 atom stereocenters. The molecule has 2 aromatic rings. The lowest BCUT2D eigenvalue weighted by molar-refractivity contribution is 0.288. The van der Waals surface area contributed by atoms with Gasteiger partial charge in [-0.25, -0.2) is 8.78 Å². The van der Waals surface area contributed by atoms with Crippen LogP contribution in [0.3, 0.4) is 0 Å². The summed E-state index contributed by atoms with van der Waals surface area (Å²) >= 11 is 5.87. The normalized spacial score (nSPS) is 21.1. The van der Waals surface area contributed by atoms with Crippen molar-refractivity contribution >= 4 is 11.6 Å². The first kappa shape index (κ1) is 14.5. The van der Waals surface area contributed by atoms with Gasteiger partial charge in [0, 0.05) is 23.2 Å². The average Bonchev–Trinajstić information content (AvgIpc) is 2.42. The van der Waals surface area contributed by atoms with Crippen molar-refractivity contribution in [2.45, 2.75) is 31.3 Å². The minimum Gasteiger partial charge on any atom is -0.310 e. The quantitative estimate of drug-likeness (QED) is 0.866. The third kappa shape index (κ3) is 3.42. The molecule has 1 saturated carbocycles. The molecule has 3 rings (SSSR count). The van der Waals surface area contributed by atoms with Gasteiger partial charge in [0.1, 0.15) is 11.6 Å². The first-order valence-corrected chi connectivity index (χ1v) is 7.42. The van der Waals surface area contributed by atoms with Crippen molar-refractivity contribution in [1.82, 2.24) is 5.32 Å². The number of nitrogens with one attached hydrogen (secondary N) is 1. The number of benzene rings is 2. The van der Waals surface area contributed by atoms with Crippen molar-refractivity contribution in [2.24, 2.45) is 0 Å². The largest absolute Gasteiger partial charge is 0.310 e. The van der Waals surface area contributed by atoms with E-state index in [4.69, 9.17) is 11.6 Å². The second-order valence-electron chi connectivity index (χ2n) is 5.53. The first-order chi connectivity index (χ1) is 10.1. The molecule has 0 spiro atoms. The molecule has 0 radical (unpaired) electrons. The van der Waals surface area contributed by atoms with Crippen LogP contribution in [0.25, 0.3) is 0 Å². The van der Waals surface area contributed by atoms with E-state index in [-0.39, 0.29) is 5.82 Å². The van der Waals surface area contributed by atoms with Crippen LogP contribution in [0, 0.1) is 11.6 Å². The lowest BCUT2D eigenvalue weighted by Crippen LogP contribution is -2.39. The Bertz CT molecular complexity index is 621. The molecule has 1 N–H and O–H groups in total. The lowest BCUT2D eigenvalue weighted by atomic mass is 9.76. The van der Waals surface area contributed by atoms with Crippen LogP contribution >= 0.6 is 11.6 Å². The minimum atomic E-state index is -0.402. The van der Waals surface area contributed by atoms with Crippen LogP contribution < -0.4 is 5.32 Å². The van der Waals surface area contributed by atoms with E-state index in [2.05, 4.69) is 17.4 Å². The average molecular weight is 308 g/mol. The molecular formula is C17H16ClF2N. The van der Waals surface area contributed by atoms with Gasteiger partial charge in [0.25, 0.3) is 0 Å². The smallest absolute Gasteiger partial charge is 0.127 e.